The first-order valence-electron chi connectivity index (χ1n) is 4.64. The van der Waals surface area contributed by atoms with Gasteiger partial charge in [0.2, 0.25) is 0 Å². The van der Waals surface area contributed by atoms with Crippen molar-refractivity contribution in [2.45, 2.75) is 19.3 Å². The first kappa shape index (κ1) is 11.8. The van der Waals surface area contributed by atoms with Gasteiger partial charge in [0.05, 0.1) is 5.92 Å². The minimum atomic E-state index is -0.869. The Morgan fingerprint density at radius 2 is 2.13 bits per heavy atom. The molecule has 0 aliphatic carbocycles. The van der Waals surface area contributed by atoms with Gasteiger partial charge in [-0.2, -0.15) is 0 Å². The van der Waals surface area contributed by atoms with Gasteiger partial charge in [-0.25, -0.2) is 0 Å². The molecule has 80 valence electrons. The van der Waals surface area contributed by atoms with E-state index in [9.17, 15) is 4.79 Å². The second-order valence-corrected chi connectivity index (χ2v) is 4.00. The van der Waals surface area contributed by atoms with E-state index < -0.39 is 11.9 Å². The Kier molecular flexibility index (Phi) is 3.92. The summed E-state index contributed by atoms with van der Waals surface area (Å²) in [6.45, 7) is 5.43. The second kappa shape index (κ2) is 4.99. The van der Waals surface area contributed by atoms with E-state index in [0.29, 0.717) is 5.03 Å². The van der Waals surface area contributed by atoms with Gasteiger partial charge in [0, 0.05) is 5.03 Å². The Bertz CT molecular complexity index is 385. The van der Waals surface area contributed by atoms with Crippen LogP contribution in [0.4, 0.5) is 0 Å². The monoisotopic (exact) mass is 224 g/mol. The highest BCUT2D eigenvalue weighted by atomic mass is 35.5. The minimum absolute atomic E-state index is 0.266. The van der Waals surface area contributed by atoms with Crippen LogP contribution in [-0.4, -0.2) is 11.1 Å². The molecule has 0 saturated heterocycles. The molecule has 0 aliphatic rings. The molecule has 15 heavy (non-hydrogen) atoms. The summed E-state index contributed by atoms with van der Waals surface area (Å²) in [7, 11) is 0. The van der Waals surface area contributed by atoms with Crippen LogP contribution in [0.1, 0.15) is 23.5 Å². The van der Waals surface area contributed by atoms with Gasteiger partial charge in [0.15, 0.2) is 0 Å². The van der Waals surface area contributed by atoms with Crippen molar-refractivity contribution in [1.29, 1.82) is 0 Å². The minimum Gasteiger partial charge on any atom is -0.481 e. The number of carbonyl (C=O) groups is 1. The number of hydrogen-bond acceptors (Lipinski definition) is 1. The van der Waals surface area contributed by atoms with Crippen LogP contribution in [0, 0.1) is 6.92 Å². The molecule has 1 N–H and O–H groups in total. The predicted octanol–water partition coefficient (Wildman–Crippen LogP) is 3.31. The van der Waals surface area contributed by atoms with Crippen LogP contribution in [0.25, 0.3) is 0 Å². The maximum atomic E-state index is 11.1. The summed E-state index contributed by atoms with van der Waals surface area (Å²) in [5.74, 6) is -1.47. The third-order valence-electron chi connectivity index (χ3n) is 2.29. The molecule has 1 aromatic carbocycles. The van der Waals surface area contributed by atoms with E-state index in [0.717, 1.165) is 11.1 Å². The molecule has 1 rings (SSSR count). The first-order chi connectivity index (χ1) is 7.02. The van der Waals surface area contributed by atoms with Crippen LogP contribution in [-0.2, 0) is 4.79 Å². The molecule has 0 fully saturated rings. The number of carboxylic acids is 1. The van der Waals surface area contributed by atoms with Crippen LogP contribution >= 0.6 is 11.6 Å². The standard InChI is InChI=1S/C12H13ClO2/c1-8-5-3-4-6-10(8)11(12(14)15)7-9(2)13/h3-6,11H,2,7H2,1H3,(H,14,15). The summed E-state index contributed by atoms with van der Waals surface area (Å²) in [5.41, 5.74) is 1.76. The van der Waals surface area contributed by atoms with Gasteiger partial charge in [-0.1, -0.05) is 42.4 Å². The van der Waals surface area contributed by atoms with Gasteiger partial charge in [0.1, 0.15) is 0 Å². The molecule has 0 aromatic heterocycles. The quantitative estimate of drug-likeness (QED) is 0.852. The van der Waals surface area contributed by atoms with Gasteiger partial charge < -0.3 is 5.11 Å². The summed E-state index contributed by atoms with van der Waals surface area (Å²) in [6, 6.07) is 7.42. The number of allylic oxidation sites excluding steroid dienone is 1. The van der Waals surface area contributed by atoms with Crippen molar-refractivity contribution in [2.24, 2.45) is 0 Å². The fourth-order valence-electron chi connectivity index (χ4n) is 1.53. The Morgan fingerprint density at radius 1 is 1.53 bits per heavy atom. The molecule has 0 heterocycles. The maximum absolute atomic E-state index is 11.1. The van der Waals surface area contributed by atoms with E-state index in [-0.39, 0.29) is 6.42 Å². The zero-order valence-corrected chi connectivity index (χ0v) is 9.29. The molecule has 1 aromatic rings. The van der Waals surface area contributed by atoms with Crippen LogP contribution in [0.15, 0.2) is 35.9 Å². The van der Waals surface area contributed by atoms with Crippen LogP contribution < -0.4 is 0 Å². The fraction of sp³-hybridized carbons (Fsp3) is 0.250. The zero-order valence-electron chi connectivity index (χ0n) is 8.53. The van der Waals surface area contributed by atoms with E-state index in [2.05, 4.69) is 6.58 Å². The molecule has 0 aliphatic heterocycles. The Morgan fingerprint density at radius 3 is 2.60 bits per heavy atom. The largest absolute Gasteiger partial charge is 0.481 e. The number of halogens is 1. The highest BCUT2D eigenvalue weighted by Gasteiger charge is 2.21. The lowest BCUT2D eigenvalue weighted by atomic mass is 9.92. The fourth-order valence-corrected chi connectivity index (χ4v) is 1.68. The van der Waals surface area contributed by atoms with Gasteiger partial charge in [-0.3, -0.25) is 4.79 Å². The molecule has 0 saturated carbocycles. The van der Waals surface area contributed by atoms with Crippen molar-refractivity contribution in [2.75, 3.05) is 0 Å². The van der Waals surface area contributed by atoms with Gasteiger partial charge in [-0.05, 0) is 24.5 Å². The van der Waals surface area contributed by atoms with Gasteiger partial charge in [0.25, 0.3) is 0 Å². The number of hydrogen-bond donors (Lipinski definition) is 1. The van der Waals surface area contributed by atoms with Crippen molar-refractivity contribution >= 4 is 17.6 Å². The van der Waals surface area contributed by atoms with Gasteiger partial charge in [-0.15, -0.1) is 0 Å². The highest BCUT2D eigenvalue weighted by molar-refractivity contribution is 6.29. The Labute approximate surface area is 94.2 Å². The van der Waals surface area contributed by atoms with Crippen molar-refractivity contribution in [3.05, 3.63) is 47.0 Å². The summed E-state index contributed by atoms with van der Waals surface area (Å²) in [4.78, 5) is 11.1. The average Bonchev–Trinajstić information content (AvgIpc) is 2.15. The highest BCUT2D eigenvalue weighted by Crippen LogP contribution is 2.27. The molecule has 0 spiro atoms. The summed E-state index contributed by atoms with van der Waals surface area (Å²) in [6.07, 6.45) is 0.266. The number of carboxylic acid groups (broad SMARTS) is 1. The lowest BCUT2D eigenvalue weighted by molar-refractivity contribution is -0.138. The maximum Gasteiger partial charge on any atom is 0.311 e. The Balaban J connectivity index is 3.04. The smallest absolute Gasteiger partial charge is 0.311 e. The molecule has 1 atom stereocenters. The Hall–Kier alpha value is -1.28. The predicted molar refractivity (Wildman–Crippen MR) is 61.2 cm³/mol. The molecule has 2 nitrogen and oxygen atoms in total. The molecule has 0 amide bonds. The number of rotatable bonds is 4. The van der Waals surface area contributed by atoms with E-state index in [1.807, 2.05) is 31.2 Å². The van der Waals surface area contributed by atoms with E-state index in [1.165, 1.54) is 0 Å². The topological polar surface area (TPSA) is 37.3 Å². The van der Waals surface area contributed by atoms with Crippen LogP contribution in [0.2, 0.25) is 0 Å². The van der Waals surface area contributed by atoms with Crippen molar-refractivity contribution in [3.63, 3.8) is 0 Å². The second-order valence-electron chi connectivity index (χ2n) is 3.47. The molecule has 0 radical (unpaired) electrons. The van der Waals surface area contributed by atoms with E-state index >= 15 is 0 Å². The third-order valence-corrected chi connectivity index (χ3v) is 2.44. The lowest BCUT2D eigenvalue weighted by Gasteiger charge is -2.14. The van der Waals surface area contributed by atoms with E-state index in [1.54, 1.807) is 0 Å². The third kappa shape index (κ3) is 3.10. The van der Waals surface area contributed by atoms with Crippen LogP contribution in [0.5, 0.6) is 0 Å². The summed E-state index contributed by atoms with van der Waals surface area (Å²) < 4.78 is 0. The zero-order chi connectivity index (χ0) is 11.4. The first-order valence-corrected chi connectivity index (χ1v) is 5.01. The van der Waals surface area contributed by atoms with Crippen LogP contribution in [0.3, 0.4) is 0 Å². The summed E-state index contributed by atoms with van der Waals surface area (Å²) >= 11 is 5.66. The lowest BCUT2D eigenvalue weighted by Crippen LogP contribution is -2.12. The molecule has 3 heteroatoms. The van der Waals surface area contributed by atoms with Crippen molar-refractivity contribution in [1.82, 2.24) is 0 Å². The van der Waals surface area contributed by atoms with Crippen molar-refractivity contribution < 1.29 is 9.90 Å². The molecule has 0 bridgehead atoms. The number of benzene rings is 1. The van der Waals surface area contributed by atoms with E-state index in [4.69, 9.17) is 16.7 Å². The van der Waals surface area contributed by atoms with Crippen molar-refractivity contribution in [3.8, 4) is 0 Å². The molecule has 1 unspecified atom stereocenters. The number of aryl methyl sites for hydroxylation is 1. The SMILES string of the molecule is C=C(Cl)CC(C(=O)O)c1ccccc1C. The van der Waals surface area contributed by atoms with Gasteiger partial charge >= 0.3 is 5.97 Å². The average molecular weight is 225 g/mol. The molecular weight excluding hydrogens is 212 g/mol. The summed E-state index contributed by atoms with van der Waals surface area (Å²) in [5, 5.41) is 9.47. The molecular formula is C12H13ClO2. The number of aliphatic carboxylic acids is 1. The normalized spacial score (nSPS) is 12.1.